The summed E-state index contributed by atoms with van der Waals surface area (Å²) in [6.07, 6.45) is 1.22. The Labute approximate surface area is 123 Å². The molecule has 0 atom stereocenters. The van der Waals surface area contributed by atoms with Crippen molar-refractivity contribution in [2.75, 3.05) is 5.32 Å². The van der Waals surface area contributed by atoms with Crippen LogP contribution < -0.4 is 5.32 Å². The largest absolute Gasteiger partial charge is 0.322 e. The molecule has 1 heterocycles. The van der Waals surface area contributed by atoms with Crippen molar-refractivity contribution in [2.45, 2.75) is 0 Å². The van der Waals surface area contributed by atoms with Crippen molar-refractivity contribution in [3.8, 4) is 0 Å². The highest BCUT2D eigenvalue weighted by molar-refractivity contribution is 6.32. The van der Waals surface area contributed by atoms with Gasteiger partial charge in [0.15, 0.2) is 0 Å². The van der Waals surface area contributed by atoms with Crippen molar-refractivity contribution >= 4 is 40.5 Å². The van der Waals surface area contributed by atoms with E-state index < -0.39 is 16.5 Å². The van der Waals surface area contributed by atoms with Gasteiger partial charge in [-0.05, 0) is 24.3 Å². The van der Waals surface area contributed by atoms with Crippen LogP contribution in [0.1, 0.15) is 10.4 Å². The molecule has 0 fully saturated rings. The van der Waals surface area contributed by atoms with Gasteiger partial charge in [-0.3, -0.25) is 14.9 Å². The van der Waals surface area contributed by atoms with Gasteiger partial charge in [-0.2, -0.15) is 0 Å². The first-order valence-electron chi connectivity index (χ1n) is 5.35. The van der Waals surface area contributed by atoms with E-state index in [-0.39, 0.29) is 10.7 Å². The highest BCUT2D eigenvalue weighted by atomic mass is 35.5. The van der Waals surface area contributed by atoms with E-state index >= 15 is 0 Å². The molecule has 0 unspecified atom stereocenters. The quantitative estimate of drug-likeness (QED) is 0.533. The maximum Gasteiger partial charge on any atom is 0.319 e. The fraction of sp³-hybridized carbons (Fsp3) is 0. The number of hydrogen-bond donors (Lipinski definition) is 1. The van der Waals surface area contributed by atoms with Crippen molar-refractivity contribution in [1.82, 2.24) is 4.98 Å². The average Bonchev–Trinajstić information content (AvgIpc) is 2.37. The monoisotopic (exact) mass is 311 g/mol. The van der Waals surface area contributed by atoms with Crippen LogP contribution in [-0.2, 0) is 0 Å². The predicted octanol–water partition coefficient (Wildman–Crippen LogP) is 3.55. The first-order chi connectivity index (χ1) is 9.49. The normalized spacial score (nSPS) is 10.1. The maximum atomic E-state index is 12.1. The molecular weight excluding hydrogens is 305 g/mol. The Morgan fingerprint density at radius 2 is 2.05 bits per heavy atom. The third-order valence-corrected chi connectivity index (χ3v) is 2.90. The lowest BCUT2D eigenvalue weighted by Gasteiger charge is -2.06. The van der Waals surface area contributed by atoms with Gasteiger partial charge in [0, 0.05) is 16.9 Å². The summed E-state index contributed by atoms with van der Waals surface area (Å²) < 4.78 is 0. The maximum absolute atomic E-state index is 12.1. The van der Waals surface area contributed by atoms with Gasteiger partial charge in [-0.1, -0.05) is 29.3 Å². The lowest BCUT2D eigenvalue weighted by molar-refractivity contribution is -0.385. The molecule has 0 radical (unpaired) electrons. The van der Waals surface area contributed by atoms with Gasteiger partial charge < -0.3 is 5.32 Å². The molecule has 6 nitrogen and oxygen atoms in total. The number of nitro groups is 1. The van der Waals surface area contributed by atoms with Crippen molar-refractivity contribution in [3.63, 3.8) is 0 Å². The highest BCUT2D eigenvalue weighted by Gasteiger charge is 2.24. The zero-order chi connectivity index (χ0) is 14.7. The van der Waals surface area contributed by atoms with Crippen LogP contribution >= 0.6 is 23.2 Å². The Bertz CT molecular complexity index is 691. The van der Waals surface area contributed by atoms with Gasteiger partial charge in [0.1, 0.15) is 5.56 Å². The minimum absolute atomic E-state index is 0.171. The van der Waals surface area contributed by atoms with Crippen LogP contribution in [0.2, 0.25) is 10.2 Å². The number of aromatic nitrogens is 1. The van der Waals surface area contributed by atoms with E-state index in [4.69, 9.17) is 23.2 Å². The number of nitrogens with one attached hydrogen (secondary N) is 1. The second-order valence-corrected chi connectivity index (χ2v) is 4.51. The molecule has 2 rings (SSSR count). The predicted molar refractivity (Wildman–Crippen MR) is 75.3 cm³/mol. The molecule has 0 saturated carbocycles. The molecule has 0 saturated heterocycles. The zero-order valence-electron chi connectivity index (χ0n) is 9.84. The first kappa shape index (κ1) is 14.2. The number of amides is 1. The minimum Gasteiger partial charge on any atom is -0.322 e. The summed E-state index contributed by atoms with van der Waals surface area (Å²) in [6, 6.07) is 7.64. The van der Waals surface area contributed by atoms with Gasteiger partial charge in [-0.15, -0.1) is 0 Å². The molecule has 1 aromatic heterocycles. The molecule has 0 aliphatic rings. The fourth-order valence-corrected chi connectivity index (χ4v) is 1.97. The van der Waals surface area contributed by atoms with Gasteiger partial charge in [0.2, 0.25) is 5.15 Å². The lowest BCUT2D eigenvalue weighted by Crippen LogP contribution is -2.14. The third kappa shape index (κ3) is 3.04. The number of halogens is 2. The van der Waals surface area contributed by atoms with E-state index in [1.165, 1.54) is 18.3 Å². The Hall–Kier alpha value is -2.18. The first-order valence-corrected chi connectivity index (χ1v) is 6.10. The van der Waals surface area contributed by atoms with E-state index in [9.17, 15) is 14.9 Å². The van der Waals surface area contributed by atoms with Crippen LogP contribution in [0.25, 0.3) is 0 Å². The number of rotatable bonds is 3. The highest BCUT2D eigenvalue weighted by Crippen LogP contribution is 2.27. The summed E-state index contributed by atoms with van der Waals surface area (Å²) in [7, 11) is 0. The molecule has 2 aromatic rings. The molecule has 0 bridgehead atoms. The summed E-state index contributed by atoms with van der Waals surface area (Å²) in [5, 5.41) is 13.5. The molecule has 1 N–H and O–H groups in total. The van der Waals surface area contributed by atoms with Gasteiger partial charge in [0.05, 0.1) is 4.92 Å². The summed E-state index contributed by atoms with van der Waals surface area (Å²) in [5.41, 5.74) is -0.284. The summed E-state index contributed by atoms with van der Waals surface area (Å²) >= 11 is 11.4. The van der Waals surface area contributed by atoms with Crippen LogP contribution in [0.15, 0.2) is 36.5 Å². The summed E-state index contributed by atoms with van der Waals surface area (Å²) in [5.74, 6) is -0.664. The number of nitrogens with zero attached hydrogens (tertiary/aromatic N) is 2. The molecule has 20 heavy (non-hydrogen) atoms. The molecule has 0 aliphatic carbocycles. The van der Waals surface area contributed by atoms with Crippen molar-refractivity contribution in [2.24, 2.45) is 0 Å². The van der Waals surface area contributed by atoms with Crippen molar-refractivity contribution in [1.29, 1.82) is 0 Å². The zero-order valence-corrected chi connectivity index (χ0v) is 11.4. The number of benzene rings is 1. The van der Waals surface area contributed by atoms with Crippen molar-refractivity contribution < 1.29 is 9.72 Å². The number of pyridine rings is 1. The lowest BCUT2D eigenvalue weighted by atomic mass is 10.2. The molecular formula is C12H7Cl2N3O3. The Balaban J connectivity index is 2.35. The third-order valence-electron chi connectivity index (χ3n) is 2.39. The smallest absolute Gasteiger partial charge is 0.319 e. The molecule has 1 amide bonds. The van der Waals surface area contributed by atoms with Gasteiger partial charge >= 0.3 is 5.69 Å². The SMILES string of the molecule is O=C(Nc1cccc(Cl)c1)c1ccnc(Cl)c1[N+](=O)[O-]. The van der Waals surface area contributed by atoms with E-state index in [1.807, 2.05) is 0 Å². The Morgan fingerprint density at radius 3 is 2.70 bits per heavy atom. The standard InChI is InChI=1S/C12H7Cl2N3O3/c13-7-2-1-3-8(6-7)16-12(18)9-4-5-15-11(14)10(9)17(19)20/h1-6H,(H,16,18). The molecule has 0 spiro atoms. The van der Waals surface area contributed by atoms with Crippen LogP contribution in [0.4, 0.5) is 11.4 Å². The van der Waals surface area contributed by atoms with Crippen LogP contribution in [0.3, 0.4) is 0 Å². The topological polar surface area (TPSA) is 85.1 Å². The summed E-state index contributed by atoms with van der Waals surface area (Å²) in [4.78, 5) is 25.8. The molecule has 1 aromatic carbocycles. The van der Waals surface area contributed by atoms with E-state index in [0.29, 0.717) is 10.7 Å². The second kappa shape index (κ2) is 5.85. The van der Waals surface area contributed by atoms with Crippen LogP contribution in [-0.4, -0.2) is 15.8 Å². The molecule has 102 valence electrons. The van der Waals surface area contributed by atoms with Crippen LogP contribution in [0.5, 0.6) is 0 Å². The van der Waals surface area contributed by atoms with Gasteiger partial charge in [-0.25, -0.2) is 4.98 Å². The van der Waals surface area contributed by atoms with E-state index in [1.54, 1.807) is 18.2 Å². The van der Waals surface area contributed by atoms with E-state index in [2.05, 4.69) is 10.3 Å². The number of hydrogen-bond acceptors (Lipinski definition) is 4. The Morgan fingerprint density at radius 1 is 1.30 bits per heavy atom. The summed E-state index contributed by atoms with van der Waals surface area (Å²) in [6.45, 7) is 0. The second-order valence-electron chi connectivity index (χ2n) is 3.72. The average molecular weight is 312 g/mol. The van der Waals surface area contributed by atoms with Crippen LogP contribution in [0, 0.1) is 10.1 Å². The van der Waals surface area contributed by atoms with E-state index in [0.717, 1.165) is 0 Å². The number of carbonyl (C=O) groups is 1. The number of carbonyl (C=O) groups excluding carboxylic acids is 1. The molecule has 0 aliphatic heterocycles. The minimum atomic E-state index is -0.748. The van der Waals surface area contributed by atoms with Gasteiger partial charge in [0.25, 0.3) is 5.91 Å². The fourth-order valence-electron chi connectivity index (χ4n) is 1.55. The number of anilines is 1. The van der Waals surface area contributed by atoms with Crippen molar-refractivity contribution in [3.05, 3.63) is 62.4 Å². The Kier molecular flexibility index (Phi) is 4.16. The molecule has 8 heteroatoms.